The van der Waals surface area contributed by atoms with Crippen LogP contribution in [0.3, 0.4) is 0 Å². The van der Waals surface area contributed by atoms with Gasteiger partial charge in [0.1, 0.15) is 11.3 Å². The van der Waals surface area contributed by atoms with Crippen molar-refractivity contribution in [3.05, 3.63) is 26.5 Å². The van der Waals surface area contributed by atoms with E-state index in [-0.39, 0.29) is 23.0 Å². The minimum absolute atomic E-state index is 0.0593. The van der Waals surface area contributed by atoms with Crippen molar-refractivity contribution >= 4 is 28.9 Å². The molecule has 0 saturated heterocycles. The number of hydrogen-bond acceptors (Lipinski definition) is 6. The number of halogens is 1. The van der Waals surface area contributed by atoms with Gasteiger partial charge in [-0.15, -0.1) is 0 Å². The first-order chi connectivity index (χ1) is 9.93. The lowest BCUT2D eigenvalue weighted by Gasteiger charge is -2.14. The standard InChI is InChI=1S/C13H18ClN3O4/c1-4-6-7-15-10-9(13(18)21-5-2)8(3)16-12(14)11(10)17(19)20/h4-7H2,1-3H3,(H,15,16). The Hall–Kier alpha value is -1.89. The summed E-state index contributed by atoms with van der Waals surface area (Å²) >= 11 is 5.85. The van der Waals surface area contributed by atoms with Crippen LogP contribution in [0.25, 0.3) is 0 Å². The van der Waals surface area contributed by atoms with Crippen molar-refractivity contribution in [1.29, 1.82) is 0 Å². The van der Waals surface area contributed by atoms with Crippen LogP contribution in [-0.2, 0) is 4.74 Å². The molecule has 0 saturated carbocycles. The average molecular weight is 316 g/mol. The van der Waals surface area contributed by atoms with Crippen LogP contribution in [0.1, 0.15) is 42.7 Å². The molecule has 0 unspecified atom stereocenters. The number of nitro groups is 1. The summed E-state index contributed by atoms with van der Waals surface area (Å²) in [6.45, 7) is 5.88. The van der Waals surface area contributed by atoms with Crippen molar-refractivity contribution in [1.82, 2.24) is 4.98 Å². The number of aromatic nitrogens is 1. The fourth-order valence-electron chi connectivity index (χ4n) is 1.84. The zero-order chi connectivity index (χ0) is 16.0. The second-order valence-electron chi connectivity index (χ2n) is 4.34. The normalized spacial score (nSPS) is 10.3. The van der Waals surface area contributed by atoms with E-state index in [0.29, 0.717) is 12.2 Å². The number of aryl methyl sites for hydroxylation is 1. The second-order valence-corrected chi connectivity index (χ2v) is 4.70. The van der Waals surface area contributed by atoms with Gasteiger partial charge in [0.2, 0.25) is 5.15 Å². The lowest BCUT2D eigenvalue weighted by molar-refractivity contribution is -0.384. The van der Waals surface area contributed by atoms with E-state index in [4.69, 9.17) is 16.3 Å². The summed E-state index contributed by atoms with van der Waals surface area (Å²) in [6, 6.07) is 0. The summed E-state index contributed by atoms with van der Waals surface area (Å²) in [5, 5.41) is 13.9. The van der Waals surface area contributed by atoms with Gasteiger partial charge in [0.25, 0.3) is 0 Å². The maximum atomic E-state index is 12.0. The van der Waals surface area contributed by atoms with Gasteiger partial charge in [-0.05, 0) is 20.3 Å². The highest BCUT2D eigenvalue weighted by Gasteiger charge is 2.29. The van der Waals surface area contributed by atoms with E-state index in [2.05, 4.69) is 10.3 Å². The van der Waals surface area contributed by atoms with Crippen molar-refractivity contribution < 1.29 is 14.5 Å². The van der Waals surface area contributed by atoms with E-state index in [1.807, 2.05) is 6.92 Å². The third-order valence-corrected chi connectivity index (χ3v) is 3.07. The third-order valence-electron chi connectivity index (χ3n) is 2.80. The Labute approximate surface area is 127 Å². The predicted octanol–water partition coefficient (Wildman–Crippen LogP) is 3.34. The number of rotatable bonds is 7. The van der Waals surface area contributed by atoms with Crippen molar-refractivity contribution in [2.24, 2.45) is 0 Å². The lowest BCUT2D eigenvalue weighted by Crippen LogP contribution is -2.15. The van der Waals surface area contributed by atoms with E-state index in [1.54, 1.807) is 13.8 Å². The van der Waals surface area contributed by atoms with Crippen LogP contribution in [0.2, 0.25) is 5.15 Å². The zero-order valence-electron chi connectivity index (χ0n) is 12.2. The van der Waals surface area contributed by atoms with Gasteiger partial charge >= 0.3 is 11.7 Å². The molecular formula is C13H18ClN3O4. The first-order valence-electron chi connectivity index (χ1n) is 6.69. The number of pyridine rings is 1. The highest BCUT2D eigenvalue weighted by Crippen LogP contribution is 2.36. The highest BCUT2D eigenvalue weighted by molar-refractivity contribution is 6.32. The van der Waals surface area contributed by atoms with Crippen LogP contribution >= 0.6 is 11.6 Å². The molecule has 21 heavy (non-hydrogen) atoms. The highest BCUT2D eigenvalue weighted by atomic mass is 35.5. The molecule has 1 heterocycles. The Morgan fingerprint density at radius 3 is 2.67 bits per heavy atom. The Bertz CT molecular complexity index is 549. The first kappa shape index (κ1) is 17.2. The van der Waals surface area contributed by atoms with Crippen LogP contribution in [-0.4, -0.2) is 29.0 Å². The fraction of sp³-hybridized carbons (Fsp3) is 0.538. The van der Waals surface area contributed by atoms with Crippen LogP contribution in [0.15, 0.2) is 0 Å². The van der Waals surface area contributed by atoms with Crippen LogP contribution in [0.5, 0.6) is 0 Å². The van der Waals surface area contributed by atoms with E-state index < -0.39 is 16.6 Å². The lowest BCUT2D eigenvalue weighted by atomic mass is 10.1. The quantitative estimate of drug-likeness (QED) is 0.272. The van der Waals surface area contributed by atoms with E-state index in [9.17, 15) is 14.9 Å². The molecule has 1 aromatic heterocycles. The first-order valence-corrected chi connectivity index (χ1v) is 7.07. The molecule has 0 aromatic carbocycles. The molecule has 0 fully saturated rings. The van der Waals surface area contributed by atoms with Gasteiger partial charge in [-0.3, -0.25) is 10.1 Å². The molecule has 0 aliphatic rings. The molecule has 0 spiro atoms. The minimum Gasteiger partial charge on any atom is -0.462 e. The number of carbonyl (C=O) groups is 1. The summed E-state index contributed by atoms with van der Waals surface area (Å²) < 4.78 is 4.95. The molecule has 0 radical (unpaired) electrons. The molecule has 0 bridgehead atoms. The minimum atomic E-state index is -0.652. The van der Waals surface area contributed by atoms with Crippen LogP contribution in [0, 0.1) is 17.0 Å². The number of ether oxygens (including phenoxy) is 1. The second kappa shape index (κ2) is 7.78. The maximum absolute atomic E-state index is 12.0. The van der Waals surface area contributed by atoms with Gasteiger partial charge in [-0.25, -0.2) is 9.78 Å². The molecule has 8 heteroatoms. The third kappa shape index (κ3) is 4.04. The Morgan fingerprint density at radius 1 is 1.48 bits per heavy atom. The summed E-state index contributed by atoms with van der Waals surface area (Å²) in [4.78, 5) is 26.5. The van der Waals surface area contributed by atoms with E-state index >= 15 is 0 Å². The van der Waals surface area contributed by atoms with Crippen molar-refractivity contribution in [3.8, 4) is 0 Å². The molecule has 1 rings (SSSR count). The number of nitrogens with one attached hydrogen (secondary N) is 1. The molecule has 7 nitrogen and oxygen atoms in total. The van der Waals surface area contributed by atoms with Gasteiger partial charge in [0.15, 0.2) is 0 Å². The average Bonchev–Trinajstić information content (AvgIpc) is 2.38. The van der Waals surface area contributed by atoms with Gasteiger partial charge in [0, 0.05) is 6.54 Å². The SMILES string of the molecule is CCCCNc1c(C(=O)OCC)c(C)nc(Cl)c1[N+](=O)[O-]. The van der Waals surface area contributed by atoms with Gasteiger partial charge in [-0.2, -0.15) is 0 Å². The largest absolute Gasteiger partial charge is 0.462 e. The molecule has 116 valence electrons. The Kier molecular flexibility index (Phi) is 6.36. The number of unbranched alkanes of at least 4 members (excludes halogenated alkanes) is 1. The number of nitrogens with zero attached hydrogens (tertiary/aromatic N) is 2. The smallest absolute Gasteiger partial charge is 0.342 e. The monoisotopic (exact) mass is 315 g/mol. The Morgan fingerprint density at radius 2 is 2.14 bits per heavy atom. The zero-order valence-corrected chi connectivity index (χ0v) is 13.0. The van der Waals surface area contributed by atoms with Crippen molar-refractivity contribution in [3.63, 3.8) is 0 Å². The molecule has 0 aliphatic heterocycles. The molecule has 0 amide bonds. The summed E-state index contributed by atoms with van der Waals surface area (Å²) in [7, 11) is 0. The summed E-state index contributed by atoms with van der Waals surface area (Å²) in [6.07, 6.45) is 1.71. The Balaban J connectivity index is 3.40. The van der Waals surface area contributed by atoms with Crippen molar-refractivity contribution in [2.75, 3.05) is 18.5 Å². The van der Waals surface area contributed by atoms with Gasteiger partial charge in [-0.1, -0.05) is 24.9 Å². The molecule has 1 N–H and O–H groups in total. The predicted molar refractivity (Wildman–Crippen MR) is 80.0 cm³/mol. The maximum Gasteiger partial charge on any atom is 0.342 e. The van der Waals surface area contributed by atoms with Gasteiger partial charge < -0.3 is 10.1 Å². The fourth-order valence-corrected chi connectivity index (χ4v) is 2.13. The molecule has 0 atom stereocenters. The summed E-state index contributed by atoms with van der Waals surface area (Å²) in [5.74, 6) is -0.652. The molecule has 1 aromatic rings. The van der Waals surface area contributed by atoms with Crippen molar-refractivity contribution in [2.45, 2.75) is 33.6 Å². The number of carbonyl (C=O) groups excluding carboxylic acids is 1. The van der Waals surface area contributed by atoms with E-state index in [1.165, 1.54) is 0 Å². The molecular weight excluding hydrogens is 298 g/mol. The number of hydrogen-bond donors (Lipinski definition) is 1. The number of anilines is 1. The summed E-state index contributed by atoms with van der Waals surface area (Å²) in [5.41, 5.74) is 0.0259. The van der Waals surface area contributed by atoms with Gasteiger partial charge in [0.05, 0.1) is 17.2 Å². The van der Waals surface area contributed by atoms with E-state index in [0.717, 1.165) is 12.8 Å². The molecule has 0 aliphatic carbocycles. The van der Waals surface area contributed by atoms with Crippen LogP contribution < -0.4 is 5.32 Å². The number of esters is 1. The van der Waals surface area contributed by atoms with Crippen LogP contribution in [0.4, 0.5) is 11.4 Å². The topological polar surface area (TPSA) is 94.4 Å².